The number of esters is 1. The van der Waals surface area contributed by atoms with Crippen LogP contribution in [0.15, 0.2) is 12.2 Å². The van der Waals surface area contributed by atoms with E-state index in [0.29, 0.717) is 19.4 Å². The largest absolute Gasteiger partial charge is 0.463 e. The fourth-order valence-electron chi connectivity index (χ4n) is 14.5. The van der Waals surface area contributed by atoms with Gasteiger partial charge in [0.15, 0.2) is 12.6 Å². The molecule has 3 saturated heterocycles. The molecule has 8 rings (SSSR count). The van der Waals surface area contributed by atoms with Gasteiger partial charge in [-0.15, -0.1) is 0 Å². The van der Waals surface area contributed by atoms with Crippen molar-refractivity contribution in [2.75, 3.05) is 19.8 Å². The van der Waals surface area contributed by atoms with Gasteiger partial charge in [-0.1, -0.05) is 53.7 Å². The summed E-state index contributed by atoms with van der Waals surface area (Å²) in [6.07, 6.45) is -3.78. The van der Waals surface area contributed by atoms with Crippen molar-refractivity contribution in [2.45, 2.75) is 186 Å². The van der Waals surface area contributed by atoms with Gasteiger partial charge in [0.25, 0.3) is 0 Å². The van der Waals surface area contributed by atoms with Gasteiger partial charge in [-0.25, -0.2) is 0 Å². The van der Waals surface area contributed by atoms with E-state index in [1.807, 2.05) is 0 Å². The smallest absolute Gasteiger partial charge is 0.302 e. The summed E-state index contributed by atoms with van der Waals surface area (Å²) >= 11 is 0. The van der Waals surface area contributed by atoms with E-state index in [1.165, 1.54) is 6.92 Å². The molecule has 1 spiro atoms. The molecule has 14 heteroatoms. The number of carbonyl (C=O) groups excluding carboxylic acids is 1. The standard InChI is InChI=1S/C44H70O14/c1-22-30(48)35(58-36-33(51)32(50)31(49)24(56-36)19-53-23(2)46)34(52)37(55-22)57-29-11-12-39(5)25(40(29,6)20-45)9-13-41(7)26(39)10-14-44-27-17-38(3,4)15-16-43(27,21-54-44)28(47)18-42(41,44)8/h10,14,22,24-37,45,47-52H,9,11-13,15-21H2,1-8H3/t22-,24-,25+,26-,27-,28-,29+,30+,31-,32+,33-,34-,35+,36+,37+,39+,40+,41-,42+,43-,44+/m1/s1. The summed E-state index contributed by atoms with van der Waals surface area (Å²) < 4.78 is 36.5. The van der Waals surface area contributed by atoms with E-state index in [-0.39, 0.29) is 51.4 Å². The van der Waals surface area contributed by atoms with Gasteiger partial charge in [-0.2, -0.15) is 0 Å². The summed E-state index contributed by atoms with van der Waals surface area (Å²) in [5, 5.41) is 78.2. The van der Waals surface area contributed by atoms with Crippen LogP contribution >= 0.6 is 0 Å². The van der Waals surface area contributed by atoms with E-state index >= 15 is 0 Å². The minimum atomic E-state index is -1.76. The number of hydrogen-bond acceptors (Lipinski definition) is 14. The average molecular weight is 823 g/mol. The third-order valence-electron chi connectivity index (χ3n) is 18.2. The molecule has 8 aliphatic rings. The fraction of sp³-hybridized carbons (Fsp3) is 0.932. The lowest BCUT2D eigenvalue weighted by molar-refractivity contribution is -0.367. The molecular weight excluding hydrogens is 752 g/mol. The molecule has 4 saturated carbocycles. The second-order valence-electron chi connectivity index (χ2n) is 21.6. The highest BCUT2D eigenvalue weighted by molar-refractivity contribution is 5.65. The number of ether oxygens (including phenoxy) is 6. The van der Waals surface area contributed by atoms with Crippen LogP contribution in [-0.4, -0.2) is 141 Å². The van der Waals surface area contributed by atoms with Crippen molar-refractivity contribution in [1.82, 2.24) is 0 Å². The van der Waals surface area contributed by atoms with Gasteiger partial charge in [0.05, 0.1) is 37.1 Å². The lowest BCUT2D eigenvalue weighted by Gasteiger charge is -2.73. The predicted molar refractivity (Wildman–Crippen MR) is 206 cm³/mol. The van der Waals surface area contributed by atoms with Gasteiger partial charge in [0, 0.05) is 29.1 Å². The molecule has 0 radical (unpaired) electrons. The number of fused-ring (bicyclic) bond motifs is 4. The van der Waals surface area contributed by atoms with E-state index in [0.717, 1.165) is 38.5 Å². The molecular formula is C44H70O14. The zero-order valence-electron chi connectivity index (χ0n) is 35.6. The number of hydrogen-bond donors (Lipinski definition) is 7. The van der Waals surface area contributed by atoms with Crippen molar-refractivity contribution in [2.24, 2.45) is 50.2 Å². The van der Waals surface area contributed by atoms with E-state index in [9.17, 15) is 40.5 Å². The Morgan fingerprint density at radius 3 is 2.19 bits per heavy atom. The number of rotatable bonds is 7. The first-order valence-corrected chi connectivity index (χ1v) is 21.8. The van der Waals surface area contributed by atoms with Gasteiger partial charge in [-0.3, -0.25) is 4.79 Å². The van der Waals surface area contributed by atoms with Crippen LogP contribution in [0.3, 0.4) is 0 Å². The molecule has 3 aliphatic heterocycles. The quantitative estimate of drug-likeness (QED) is 0.112. The third-order valence-corrected chi connectivity index (χ3v) is 18.2. The van der Waals surface area contributed by atoms with Crippen molar-refractivity contribution in [3.05, 3.63) is 12.2 Å². The Hall–Kier alpha value is -1.27. The molecule has 7 fully saturated rings. The van der Waals surface area contributed by atoms with Gasteiger partial charge < -0.3 is 64.2 Å². The summed E-state index contributed by atoms with van der Waals surface area (Å²) in [6, 6.07) is 0. The average Bonchev–Trinajstić information content (AvgIpc) is 3.44. The second kappa shape index (κ2) is 14.4. The minimum absolute atomic E-state index is 0.0264. The van der Waals surface area contributed by atoms with Gasteiger partial charge in [0.2, 0.25) is 0 Å². The SMILES string of the molecule is CC(=O)OC[C@H]1O[C@@H](O[C@H]2[C@@H](O)[C@@H](C)O[C@@H](O[C@H]3CC[C@@]4(C)[C@H](CC[C@]5(C)[C@@H]4C=C[C@]46OC[C@@]7(CCC(C)(C)C[C@H]74)[C@H](O)C[C@]65C)[C@]3(C)CO)[C@@H]2O)[C@H](O)[C@@H](O)[C@@H]1O. The Labute approximate surface area is 342 Å². The second-order valence-corrected chi connectivity index (χ2v) is 21.6. The maximum absolute atomic E-state index is 12.2. The van der Waals surface area contributed by atoms with E-state index in [2.05, 4.69) is 53.7 Å². The lowest BCUT2D eigenvalue weighted by Crippen LogP contribution is -2.72. The van der Waals surface area contributed by atoms with Crippen molar-refractivity contribution in [3.63, 3.8) is 0 Å². The first kappa shape index (κ1) is 43.4. The summed E-state index contributed by atoms with van der Waals surface area (Å²) in [6.45, 7) is 16.8. The molecule has 3 heterocycles. The summed E-state index contributed by atoms with van der Waals surface area (Å²) in [5.74, 6) is -0.223. The van der Waals surface area contributed by atoms with Crippen LogP contribution in [0.5, 0.6) is 0 Å². The van der Waals surface area contributed by atoms with Gasteiger partial charge >= 0.3 is 5.97 Å². The maximum atomic E-state index is 12.2. The Morgan fingerprint density at radius 1 is 0.793 bits per heavy atom. The zero-order valence-corrected chi connectivity index (χ0v) is 35.6. The molecule has 21 atom stereocenters. The highest BCUT2D eigenvalue weighted by atomic mass is 16.7. The van der Waals surface area contributed by atoms with E-state index in [4.69, 9.17) is 28.4 Å². The normalized spacial score (nSPS) is 57.1. The van der Waals surface area contributed by atoms with Crippen LogP contribution in [0, 0.1) is 50.2 Å². The van der Waals surface area contributed by atoms with Crippen molar-refractivity contribution < 1.29 is 69.0 Å². The van der Waals surface area contributed by atoms with Crippen LogP contribution in [0.4, 0.5) is 0 Å². The van der Waals surface area contributed by atoms with Crippen molar-refractivity contribution >= 4 is 5.97 Å². The fourth-order valence-corrected chi connectivity index (χ4v) is 14.5. The molecule has 330 valence electrons. The van der Waals surface area contributed by atoms with Crippen LogP contribution in [0.2, 0.25) is 0 Å². The number of aliphatic hydroxyl groups is 7. The monoisotopic (exact) mass is 822 g/mol. The maximum Gasteiger partial charge on any atom is 0.302 e. The van der Waals surface area contributed by atoms with E-state index in [1.54, 1.807) is 6.92 Å². The lowest BCUT2D eigenvalue weighted by atomic mass is 9.32. The molecule has 0 aromatic heterocycles. The molecule has 7 N–H and O–H groups in total. The zero-order chi connectivity index (χ0) is 42.2. The first-order chi connectivity index (χ1) is 27.0. The van der Waals surface area contributed by atoms with Gasteiger partial charge in [-0.05, 0) is 86.4 Å². The third kappa shape index (κ3) is 5.97. The topological polar surface area (TPSA) is 214 Å². The first-order valence-electron chi connectivity index (χ1n) is 21.8. The van der Waals surface area contributed by atoms with Crippen LogP contribution in [0.25, 0.3) is 0 Å². The highest BCUT2D eigenvalue weighted by Crippen LogP contribution is 2.79. The Morgan fingerprint density at radius 2 is 1.50 bits per heavy atom. The molecule has 0 amide bonds. The molecule has 0 aromatic carbocycles. The van der Waals surface area contributed by atoms with Crippen LogP contribution < -0.4 is 0 Å². The van der Waals surface area contributed by atoms with Gasteiger partial charge in [0.1, 0.15) is 49.3 Å². The molecule has 2 bridgehead atoms. The predicted octanol–water partition coefficient (Wildman–Crippen LogP) is 2.35. The molecule has 0 unspecified atom stereocenters. The number of allylic oxidation sites excluding steroid dienone is 1. The summed E-state index contributed by atoms with van der Waals surface area (Å²) in [4.78, 5) is 11.4. The number of carbonyl (C=O) groups is 1. The molecule has 14 nitrogen and oxygen atoms in total. The van der Waals surface area contributed by atoms with Crippen molar-refractivity contribution in [3.8, 4) is 0 Å². The van der Waals surface area contributed by atoms with Crippen LogP contribution in [-0.2, 0) is 33.2 Å². The Balaban J connectivity index is 1.03. The van der Waals surface area contributed by atoms with E-state index < -0.39 is 97.2 Å². The number of aliphatic hydroxyl groups excluding tert-OH is 7. The molecule has 58 heavy (non-hydrogen) atoms. The Bertz CT molecular complexity index is 1610. The molecule has 0 aromatic rings. The molecule has 5 aliphatic carbocycles. The Kier molecular flexibility index (Phi) is 10.8. The summed E-state index contributed by atoms with van der Waals surface area (Å²) in [5.41, 5.74) is -1.98. The minimum Gasteiger partial charge on any atom is -0.463 e. The van der Waals surface area contributed by atoms with Crippen LogP contribution in [0.1, 0.15) is 107 Å². The summed E-state index contributed by atoms with van der Waals surface area (Å²) in [7, 11) is 0. The highest BCUT2D eigenvalue weighted by Gasteiger charge is 2.79. The van der Waals surface area contributed by atoms with Crippen molar-refractivity contribution in [1.29, 1.82) is 0 Å².